The summed E-state index contributed by atoms with van der Waals surface area (Å²) < 4.78 is 0. The molecule has 10 aromatic rings. The third-order valence-corrected chi connectivity index (χ3v) is 11.3. The first-order valence-electron chi connectivity index (χ1n) is 20.3. The van der Waals surface area contributed by atoms with E-state index in [-0.39, 0.29) is 0 Å². The molecule has 0 bridgehead atoms. The Labute approximate surface area is 346 Å². The molecule has 0 aliphatic rings. The molecular formula is C58H41N. The maximum absolute atomic E-state index is 2.39. The third kappa shape index (κ3) is 7.12. The van der Waals surface area contributed by atoms with Gasteiger partial charge in [0, 0.05) is 16.8 Å². The van der Waals surface area contributed by atoms with Crippen molar-refractivity contribution in [1.29, 1.82) is 0 Å². The summed E-state index contributed by atoms with van der Waals surface area (Å²) in [5.74, 6) is 0. The van der Waals surface area contributed by atoms with Crippen LogP contribution >= 0.6 is 0 Å². The van der Waals surface area contributed by atoms with E-state index in [0.717, 1.165) is 22.6 Å². The van der Waals surface area contributed by atoms with E-state index in [0.29, 0.717) is 0 Å². The fraction of sp³-hybridized carbons (Fsp3) is 0. The van der Waals surface area contributed by atoms with Crippen LogP contribution in [0.4, 0.5) is 17.1 Å². The molecule has 0 heterocycles. The van der Waals surface area contributed by atoms with E-state index in [1.165, 1.54) is 72.0 Å². The molecule has 0 spiro atoms. The van der Waals surface area contributed by atoms with Gasteiger partial charge in [0.05, 0.1) is 5.69 Å². The Bertz CT molecular complexity index is 2980. The molecule has 0 radical (unpaired) electrons. The summed E-state index contributed by atoms with van der Waals surface area (Å²) in [5, 5.41) is 2.41. The van der Waals surface area contributed by atoms with Crippen LogP contribution in [0.15, 0.2) is 249 Å². The van der Waals surface area contributed by atoms with E-state index in [2.05, 4.69) is 254 Å². The van der Waals surface area contributed by atoms with Gasteiger partial charge in [0.25, 0.3) is 0 Å². The maximum atomic E-state index is 2.39. The molecule has 0 saturated carbocycles. The van der Waals surface area contributed by atoms with Gasteiger partial charge in [0.2, 0.25) is 0 Å². The van der Waals surface area contributed by atoms with Crippen molar-refractivity contribution >= 4 is 27.8 Å². The SMILES string of the molecule is c1ccc(-c2ccc(-c3ccc(N(c4ccc(-c5cccc(-c6ccccc6)c5-c5ccccc5-c5ccccc5)cc4)c4cccc5ccccc45)cc3)cc2)cc1. The largest absolute Gasteiger partial charge is 0.310 e. The fourth-order valence-electron chi connectivity index (χ4n) is 8.42. The van der Waals surface area contributed by atoms with Gasteiger partial charge in [-0.05, 0) is 102 Å². The van der Waals surface area contributed by atoms with Crippen molar-refractivity contribution in [2.75, 3.05) is 4.90 Å². The Kier molecular flexibility index (Phi) is 9.68. The topological polar surface area (TPSA) is 3.24 Å². The van der Waals surface area contributed by atoms with Crippen molar-refractivity contribution in [1.82, 2.24) is 0 Å². The molecule has 1 nitrogen and oxygen atoms in total. The third-order valence-electron chi connectivity index (χ3n) is 11.3. The van der Waals surface area contributed by atoms with Crippen molar-refractivity contribution < 1.29 is 0 Å². The minimum Gasteiger partial charge on any atom is -0.310 e. The lowest BCUT2D eigenvalue weighted by Gasteiger charge is -2.27. The molecule has 0 aromatic heterocycles. The molecule has 0 saturated heterocycles. The maximum Gasteiger partial charge on any atom is 0.0540 e. The van der Waals surface area contributed by atoms with Crippen molar-refractivity contribution in [2.24, 2.45) is 0 Å². The van der Waals surface area contributed by atoms with Gasteiger partial charge in [-0.3, -0.25) is 0 Å². The summed E-state index contributed by atoms with van der Waals surface area (Å²) in [6, 6.07) is 89.8. The van der Waals surface area contributed by atoms with Crippen LogP contribution in [0, 0.1) is 0 Å². The average Bonchev–Trinajstić information content (AvgIpc) is 3.33. The molecule has 0 N–H and O–H groups in total. The second kappa shape index (κ2) is 16.0. The number of fused-ring (bicyclic) bond motifs is 1. The molecule has 0 atom stereocenters. The van der Waals surface area contributed by atoms with E-state index in [9.17, 15) is 0 Å². The lowest BCUT2D eigenvalue weighted by Crippen LogP contribution is -2.10. The van der Waals surface area contributed by atoms with Crippen LogP contribution in [-0.2, 0) is 0 Å². The number of benzene rings is 10. The first-order chi connectivity index (χ1) is 29.3. The number of hydrogen-bond donors (Lipinski definition) is 0. The van der Waals surface area contributed by atoms with Gasteiger partial charge in [-0.2, -0.15) is 0 Å². The fourth-order valence-corrected chi connectivity index (χ4v) is 8.42. The number of nitrogens with zero attached hydrogens (tertiary/aromatic N) is 1. The summed E-state index contributed by atoms with van der Waals surface area (Å²) in [5.41, 5.74) is 17.8. The van der Waals surface area contributed by atoms with Crippen LogP contribution in [0.5, 0.6) is 0 Å². The first kappa shape index (κ1) is 35.7. The second-order valence-corrected chi connectivity index (χ2v) is 14.9. The van der Waals surface area contributed by atoms with E-state index in [1.807, 2.05) is 0 Å². The van der Waals surface area contributed by atoms with Crippen LogP contribution in [0.2, 0.25) is 0 Å². The van der Waals surface area contributed by atoms with Crippen LogP contribution in [0.3, 0.4) is 0 Å². The second-order valence-electron chi connectivity index (χ2n) is 14.9. The minimum absolute atomic E-state index is 1.09. The summed E-state index contributed by atoms with van der Waals surface area (Å²) >= 11 is 0. The van der Waals surface area contributed by atoms with Gasteiger partial charge in [0.15, 0.2) is 0 Å². The molecule has 0 unspecified atom stereocenters. The summed E-state index contributed by atoms with van der Waals surface area (Å²) in [7, 11) is 0. The average molecular weight is 752 g/mol. The van der Waals surface area contributed by atoms with Crippen molar-refractivity contribution in [3.8, 4) is 66.8 Å². The highest BCUT2D eigenvalue weighted by atomic mass is 15.1. The highest BCUT2D eigenvalue weighted by Gasteiger charge is 2.20. The zero-order valence-electron chi connectivity index (χ0n) is 32.6. The molecule has 0 amide bonds. The zero-order chi connectivity index (χ0) is 39.4. The molecule has 0 aliphatic heterocycles. The zero-order valence-corrected chi connectivity index (χ0v) is 32.6. The summed E-state index contributed by atoms with van der Waals surface area (Å²) in [4.78, 5) is 2.39. The van der Waals surface area contributed by atoms with Crippen LogP contribution < -0.4 is 4.90 Å². The molecule has 59 heavy (non-hydrogen) atoms. The van der Waals surface area contributed by atoms with Gasteiger partial charge in [0.1, 0.15) is 0 Å². The van der Waals surface area contributed by atoms with Crippen molar-refractivity contribution in [3.63, 3.8) is 0 Å². The highest BCUT2D eigenvalue weighted by Crippen LogP contribution is 2.45. The highest BCUT2D eigenvalue weighted by molar-refractivity contribution is 6.01. The predicted molar refractivity (Wildman–Crippen MR) is 251 cm³/mol. The van der Waals surface area contributed by atoms with Crippen LogP contribution in [-0.4, -0.2) is 0 Å². The van der Waals surface area contributed by atoms with E-state index >= 15 is 0 Å². The van der Waals surface area contributed by atoms with Gasteiger partial charge in [-0.1, -0.05) is 218 Å². The lowest BCUT2D eigenvalue weighted by molar-refractivity contribution is 1.30. The first-order valence-corrected chi connectivity index (χ1v) is 20.3. The number of rotatable bonds is 9. The Morgan fingerprint density at radius 2 is 0.576 bits per heavy atom. The Morgan fingerprint density at radius 3 is 1.15 bits per heavy atom. The summed E-state index contributed by atoms with van der Waals surface area (Å²) in [6.45, 7) is 0. The molecule has 0 fully saturated rings. The van der Waals surface area contributed by atoms with E-state index in [1.54, 1.807) is 0 Å². The van der Waals surface area contributed by atoms with Crippen molar-refractivity contribution in [3.05, 3.63) is 249 Å². The monoisotopic (exact) mass is 751 g/mol. The Balaban J connectivity index is 1.07. The van der Waals surface area contributed by atoms with Gasteiger partial charge in [-0.25, -0.2) is 0 Å². The molecule has 10 rings (SSSR count). The molecular weight excluding hydrogens is 711 g/mol. The molecule has 1 heteroatoms. The van der Waals surface area contributed by atoms with Gasteiger partial charge in [-0.15, -0.1) is 0 Å². The molecule has 0 aliphatic carbocycles. The Hall–Kier alpha value is -7.74. The molecule has 10 aromatic carbocycles. The van der Waals surface area contributed by atoms with Crippen molar-refractivity contribution in [2.45, 2.75) is 0 Å². The molecule has 278 valence electrons. The minimum atomic E-state index is 1.09. The predicted octanol–water partition coefficient (Wildman–Crippen LogP) is 16.3. The Morgan fingerprint density at radius 1 is 0.220 bits per heavy atom. The quantitative estimate of drug-likeness (QED) is 0.142. The van der Waals surface area contributed by atoms with E-state index in [4.69, 9.17) is 0 Å². The van der Waals surface area contributed by atoms with Gasteiger partial charge >= 0.3 is 0 Å². The number of hydrogen-bond acceptors (Lipinski definition) is 1. The van der Waals surface area contributed by atoms with Gasteiger partial charge < -0.3 is 4.90 Å². The number of anilines is 3. The van der Waals surface area contributed by atoms with E-state index < -0.39 is 0 Å². The normalized spacial score (nSPS) is 11.1. The smallest absolute Gasteiger partial charge is 0.0540 e. The van der Waals surface area contributed by atoms with Crippen LogP contribution in [0.25, 0.3) is 77.5 Å². The van der Waals surface area contributed by atoms with Crippen LogP contribution in [0.1, 0.15) is 0 Å². The summed E-state index contributed by atoms with van der Waals surface area (Å²) in [6.07, 6.45) is 0. The lowest BCUT2D eigenvalue weighted by atomic mass is 9.84. The standard InChI is InChI=1S/C58H41N/c1-4-16-42(17-5-1)43-30-32-44(33-31-43)45-34-38-50(39-35-45)59(57-29-14-23-47-22-10-11-25-53(47)57)51-40-36-49(37-41-51)55-28-15-27-54(48-20-8-3-9-21-48)58(55)56-26-13-12-24-52(56)46-18-6-2-7-19-46/h1-41H.